The Balaban J connectivity index is 0. The van der Waals surface area contributed by atoms with Crippen molar-refractivity contribution < 1.29 is 58.4 Å². The molecule has 0 amide bonds. The minimum Gasteiger partial charge on any atom is -1.00 e. The number of rotatable bonds is 7. The molecule has 0 fully saturated rings. The predicted molar refractivity (Wildman–Crippen MR) is 66.0 cm³/mol. The van der Waals surface area contributed by atoms with Gasteiger partial charge in [-0.1, -0.05) is 0 Å². The van der Waals surface area contributed by atoms with Crippen LogP contribution in [0.25, 0.3) is 0 Å². The van der Waals surface area contributed by atoms with Crippen molar-refractivity contribution in [3.63, 3.8) is 0 Å². The zero-order valence-corrected chi connectivity index (χ0v) is 13.9. The molecular weight excluding hydrogens is 301 g/mol. The van der Waals surface area contributed by atoms with Crippen molar-refractivity contribution in [3.8, 4) is 5.75 Å². The van der Waals surface area contributed by atoms with Gasteiger partial charge in [0.15, 0.2) is 0 Å². The second-order valence-corrected chi connectivity index (χ2v) is 4.80. The Kier molecular flexibility index (Phi) is 8.25. The summed E-state index contributed by atoms with van der Waals surface area (Å²) >= 11 is 0. The smallest absolute Gasteiger partial charge is 1.00 e. The second-order valence-electron chi connectivity index (χ2n) is 3.41. The summed E-state index contributed by atoms with van der Waals surface area (Å²) in [6, 6.07) is 2.95. The Morgan fingerprint density at radius 3 is 2.55 bits per heavy atom. The number of nitrogens with zero attached hydrogens (tertiary/aromatic N) is 1. The molecule has 1 rings (SSSR count). The van der Waals surface area contributed by atoms with E-state index in [1.54, 1.807) is 6.92 Å². The molecule has 0 unspecified atom stereocenters. The minimum absolute atomic E-state index is 0. The number of nitro groups is 1. The third-order valence-corrected chi connectivity index (χ3v) is 2.98. The Morgan fingerprint density at radius 2 is 2.05 bits per heavy atom. The molecule has 10 heteroatoms. The molecular formula is C10H14NNaO7S. The molecule has 0 saturated carbocycles. The molecule has 0 aromatic heterocycles. The van der Waals surface area contributed by atoms with E-state index in [2.05, 4.69) is 0 Å². The van der Waals surface area contributed by atoms with Gasteiger partial charge in [-0.3, -0.25) is 14.7 Å². The molecule has 0 aliphatic rings. The first kappa shape index (κ1) is 19.3. The van der Waals surface area contributed by atoms with E-state index in [9.17, 15) is 18.5 Å². The third kappa shape index (κ3) is 5.73. The molecule has 1 aromatic carbocycles. The summed E-state index contributed by atoms with van der Waals surface area (Å²) in [7, 11) is -4.60. The van der Waals surface area contributed by atoms with E-state index in [-0.39, 0.29) is 49.9 Å². The number of benzene rings is 1. The fourth-order valence-corrected chi connectivity index (χ4v) is 1.94. The van der Waals surface area contributed by atoms with Crippen LogP contribution >= 0.6 is 0 Å². The van der Waals surface area contributed by atoms with Gasteiger partial charge in [-0.2, -0.15) is 8.42 Å². The van der Waals surface area contributed by atoms with Crippen LogP contribution in [0.15, 0.2) is 23.1 Å². The van der Waals surface area contributed by atoms with Crippen LogP contribution in [0.2, 0.25) is 0 Å². The van der Waals surface area contributed by atoms with E-state index in [4.69, 9.17) is 14.0 Å². The van der Waals surface area contributed by atoms with E-state index >= 15 is 0 Å². The topological polar surface area (TPSA) is 116 Å². The van der Waals surface area contributed by atoms with Crippen LogP contribution in [0.4, 0.5) is 5.69 Å². The van der Waals surface area contributed by atoms with Gasteiger partial charge in [0.2, 0.25) is 0 Å². The molecule has 0 atom stereocenters. The van der Waals surface area contributed by atoms with Crippen LogP contribution in [-0.4, -0.2) is 37.7 Å². The first-order chi connectivity index (χ1) is 8.86. The average Bonchev–Trinajstić information content (AvgIpc) is 2.33. The number of ether oxygens (including phenoxy) is 2. The summed E-state index contributed by atoms with van der Waals surface area (Å²) < 4.78 is 41.4. The van der Waals surface area contributed by atoms with Crippen LogP contribution in [0.5, 0.6) is 5.75 Å². The van der Waals surface area contributed by atoms with Crippen LogP contribution in [0.1, 0.15) is 8.35 Å². The van der Waals surface area contributed by atoms with Crippen molar-refractivity contribution in [2.75, 3.05) is 19.8 Å². The summed E-state index contributed by atoms with van der Waals surface area (Å²) in [5, 5.41) is 10.6. The molecule has 0 aliphatic carbocycles. The fourth-order valence-electron chi connectivity index (χ4n) is 1.29. The molecule has 0 spiro atoms. The quantitative estimate of drug-likeness (QED) is 0.211. The maximum Gasteiger partial charge on any atom is 1.00 e. The molecule has 20 heavy (non-hydrogen) atoms. The Morgan fingerprint density at radius 1 is 1.40 bits per heavy atom. The van der Waals surface area contributed by atoms with Crippen LogP contribution in [-0.2, 0) is 14.9 Å². The number of hydrogen-bond donors (Lipinski definition) is 1. The van der Waals surface area contributed by atoms with Gasteiger partial charge in [0, 0.05) is 18.7 Å². The molecule has 8 nitrogen and oxygen atoms in total. The van der Waals surface area contributed by atoms with Crippen LogP contribution in [0.3, 0.4) is 0 Å². The van der Waals surface area contributed by atoms with Gasteiger partial charge in [-0.25, -0.2) is 0 Å². The van der Waals surface area contributed by atoms with Gasteiger partial charge in [0.1, 0.15) is 17.3 Å². The number of hydrogen-bond acceptors (Lipinski definition) is 6. The van der Waals surface area contributed by atoms with Crippen molar-refractivity contribution >= 4 is 15.8 Å². The predicted octanol–water partition coefficient (Wildman–Crippen LogP) is -1.63. The first-order valence-corrected chi connectivity index (χ1v) is 6.76. The zero-order valence-electron chi connectivity index (χ0n) is 12.1. The van der Waals surface area contributed by atoms with Crippen molar-refractivity contribution in [1.29, 1.82) is 0 Å². The van der Waals surface area contributed by atoms with Gasteiger partial charge < -0.3 is 10.9 Å². The summed E-state index contributed by atoms with van der Waals surface area (Å²) in [5.41, 5.74) is -0.454. The van der Waals surface area contributed by atoms with E-state index in [0.717, 1.165) is 18.2 Å². The van der Waals surface area contributed by atoms with Crippen molar-refractivity contribution in [2.45, 2.75) is 11.8 Å². The summed E-state index contributed by atoms with van der Waals surface area (Å²) in [4.78, 5) is 9.15. The maximum atomic E-state index is 11.1. The summed E-state index contributed by atoms with van der Waals surface area (Å²) in [6.07, 6.45) is 0. The largest absolute Gasteiger partial charge is 1.00 e. The van der Waals surface area contributed by atoms with E-state index < -0.39 is 25.6 Å². The van der Waals surface area contributed by atoms with E-state index in [1.165, 1.54) is 0 Å². The standard InChI is InChI=1S/C10H13NO7S.Na.H/c1-2-17-5-6-18-9-4-3-8(11(12)13)7-10(9)19(14,15)16;;/h3-4,7H,2,5-6H2,1H3,(H,14,15,16);;/q;+1;-1. The normalized spacial score (nSPS) is 10.7. The second kappa shape index (κ2) is 8.55. The van der Waals surface area contributed by atoms with Gasteiger partial charge in [-0.05, 0) is 13.0 Å². The first-order valence-electron chi connectivity index (χ1n) is 5.32. The van der Waals surface area contributed by atoms with Crippen LogP contribution in [0, 0.1) is 10.1 Å². The van der Waals surface area contributed by atoms with Crippen molar-refractivity contribution in [3.05, 3.63) is 28.3 Å². The van der Waals surface area contributed by atoms with E-state index in [1.807, 2.05) is 0 Å². The molecule has 0 aliphatic heterocycles. The molecule has 0 radical (unpaired) electrons. The minimum atomic E-state index is -4.60. The van der Waals surface area contributed by atoms with Crippen molar-refractivity contribution in [2.24, 2.45) is 0 Å². The molecule has 0 heterocycles. The molecule has 1 aromatic rings. The summed E-state index contributed by atoms with van der Waals surface area (Å²) in [5.74, 6) is -0.159. The monoisotopic (exact) mass is 315 g/mol. The van der Waals surface area contributed by atoms with Gasteiger partial charge in [-0.15, -0.1) is 0 Å². The van der Waals surface area contributed by atoms with Gasteiger partial charge >= 0.3 is 29.6 Å². The summed E-state index contributed by atoms with van der Waals surface area (Å²) in [6.45, 7) is 2.57. The maximum absolute atomic E-state index is 11.1. The van der Waals surface area contributed by atoms with Gasteiger partial charge in [0.25, 0.3) is 15.8 Å². The Hall–Kier alpha value is -0.710. The molecule has 0 bridgehead atoms. The number of nitro benzene ring substituents is 1. The molecule has 1 N–H and O–H groups in total. The van der Waals surface area contributed by atoms with E-state index in [0.29, 0.717) is 6.61 Å². The number of non-ortho nitro benzene ring substituents is 1. The van der Waals surface area contributed by atoms with Gasteiger partial charge in [0.05, 0.1) is 11.5 Å². The average molecular weight is 315 g/mol. The van der Waals surface area contributed by atoms with Crippen molar-refractivity contribution in [1.82, 2.24) is 0 Å². The Bertz CT molecular complexity index is 567. The SMILES string of the molecule is CCOCCOc1ccc([N+](=O)[O-])cc1S(=O)(=O)O.[H-].[Na+]. The zero-order chi connectivity index (χ0) is 14.5. The Labute approximate surface area is 139 Å². The fraction of sp³-hybridized carbons (Fsp3) is 0.400. The third-order valence-electron chi connectivity index (χ3n) is 2.11. The molecule has 0 saturated heterocycles. The van der Waals surface area contributed by atoms with Crippen LogP contribution < -0.4 is 34.3 Å². The molecule has 108 valence electrons.